The van der Waals surface area contributed by atoms with Crippen LogP contribution in [0, 0.1) is 11.8 Å². The van der Waals surface area contributed by atoms with Gasteiger partial charge in [0.2, 0.25) is 0 Å². The second kappa shape index (κ2) is 5.74. The van der Waals surface area contributed by atoms with Crippen LogP contribution in [0.2, 0.25) is 0 Å². The van der Waals surface area contributed by atoms with Crippen molar-refractivity contribution in [3.8, 4) is 0 Å². The number of nitrogens with one attached hydrogen (secondary N) is 1. The lowest BCUT2D eigenvalue weighted by atomic mass is 9.98. The van der Waals surface area contributed by atoms with Crippen LogP contribution in [0.15, 0.2) is 30.5 Å². The number of alkyl halides is 1. The van der Waals surface area contributed by atoms with Gasteiger partial charge in [0.05, 0.1) is 6.20 Å². The first-order chi connectivity index (χ1) is 9.38. The Morgan fingerprint density at radius 2 is 2.05 bits per heavy atom. The highest BCUT2D eigenvalue weighted by Crippen LogP contribution is 2.33. The van der Waals surface area contributed by atoms with Gasteiger partial charge in [-0.05, 0) is 24.7 Å². The van der Waals surface area contributed by atoms with Gasteiger partial charge >= 0.3 is 0 Å². The molecule has 3 rings (SSSR count). The van der Waals surface area contributed by atoms with Gasteiger partial charge in [0.15, 0.2) is 5.82 Å². The Labute approximate surface area is 118 Å². The van der Waals surface area contributed by atoms with Gasteiger partial charge in [-0.25, -0.2) is 0 Å². The Morgan fingerprint density at radius 1 is 1.21 bits per heavy atom. The van der Waals surface area contributed by atoms with E-state index in [-0.39, 0.29) is 0 Å². The third kappa shape index (κ3) is 2.66. The zero-order valence-corrected chi connectivity index (χ0v) is 11.6. The number of rotatable bonds is 4. The van der Waals surface area contributed by atoms with Crippen molar-refractivity contribution in [2.75, 3.05) is 17.7 Å². The van der Waals surface area contributed by atoms with E-state index in [0.717, 1.165) is 29.0 Å². The first kappa shape index (κ1) is 12.7. The quantitative estimate of drug-likeness (QED) is 0.865. The highest BCUT2D eigenvalue weighted by Gasteiger charge is 2.26. The molecule has 0 saturated heterocycles. The standard InChI is InChI=1S/C15H18ClN3/c16-8-11-5-3-6-12(11)9-17-15-14-7-2-1-4-13(14)10-18-19-15/h1-2,4,7,10-12H,3,5-6,8-9H2,(H,17,19). The molecule has 1 aromatic carbocycles. The second-order valence-electron chi connectivity index (χ2n) is 5.27. The number of hydrogen-bond donors (Lipinski definition) is 1. The van der Waals surface area contributed by atoms with Gasteiger partial charge in [-0.2, -0.15) is 5.10 Å². The smallest absolute Gasteiger partial charge is 0.156 e. The molecular weight excluding hydrogens is 258 g/mol. The first-order valence-corrected chi connectivity index (χ1v) is 7.42. The molecule has 100 valence electrons. The molecule has 3 nitrogen and oxygen atoms in total. The summed E-state index contributed by atoms with van der Waals surface area (Å²) in [6.45, 7) is 0.945. The normalized spacial score (nSPS) is 22.8. The molecule has 2 atom stereocenters. The zero-order valence-electron chi connectivity index (χ0n) is 10.8. The molecule has 0 bridgehead atoms. The fourth-order valence-electron chi connectivity index (χ4n) is 2.97. The zero-order chi connectivity index (χ0) is 13.1. The average molecular weight is 276 g/mol. The van der Waals surface area contributed by atoms with E-state index in [4.69, 9.17) is 11.6 Å². The molecule has 0 aliphatic heterocycles. The minimum absolute atomic E-state index is 0.650. The number of halogens is 1. The van der Waals surface area contributed by atoms with Crippen LogP contribution in [-0.4, -0.2) is 22.6 Å². The third-order valence-corrected chi connectivity index (χ3v) is 4.51. The molecule has 2 aromatic rings. The van der Waals surface area contributed by atoms with Crippen LogP contribution in [0.25, 0.3) is 10.8 Å². The molecule has 2 unspecified atom stereocenters. The SMILES string of the molecule is ClCC1CCCC1CNc1nncc2ccccc12. The number of nitrogens with zero attached hydrogens (tertiary/aromatic N) is 2. The molecule has 19 heavy (non-hydrogen) atoms. The molecule has 1 saturated carbocycles. The summed E-state index contributed by atoms with van der Waals surface area (Å²) in [5.74, 6) is 2.97. The van der Waals surface area contributed by atoms with Crippen molar-refractivity contribution in [3.63, 3.8) is 0 Å². The molecule has 1 aliphatic carbocycles. The number of fused-ring (bicyclic) bond motifs is 1. The van der Waals surface area contributed by atoms with Gasteiger partial charge in [0.25, 0.3) is 0 Å². The molecule has 1 aliphatic rings. The Morgan fingerprint density at radius 3 is 2.95 bits per heavy atom. The lowest BCUT2D eigenvalue weighted by molar-refractivity contribution is 0.444. The summed E-state index contributed by atoms with van der Waals surface area (Å²) in [6, 6.07) is 8.20. The average Bonchev–Trinajstić information content (AvgIpc) is 2.92. The summed E-state index contributed by atoms with van der Waals surface area (Å²) in [5.41, 5.74) is 0. The molecule has 0 spiro atoms. The van der Waals surface area contributed by atoms with E-state index < -0.39 is 0 Å². The van der Waals surface area contributed by atoms with E-state index in [9.17, 15) is 0 Å². The van der Waals surface area contributed by atoms with Crippen molar-refractivity contribution in [3.05, 3.63) is 30.5 Å². The van der Waals surface area contributed by atoms with Crippen LogP contribution in [0.4, 0.5) is 5.82 Å². The van der Waals surface area contributed by atoms with Crippen LogP contribution in [0.1, 0.15) is 19.3 Å². The number of aromatic nitrogens is 2. The summed E-state index contributed by atoms with van der Waals surface area (Å²) in [5, 5.41) is 14.0. The molecule has 1 fully saturated rings. The van der Waals surface area contributed by atoms with Crippen LogP contribution < -0.4 is 5.32 Å². The van der Waals surface area contributed by atoms with Crippen molar-refractivity contribution in [2.45, 2.75) is 19.3 Å². The van der Waals surface area contributed by atoms with Crippen LogP contribution in [0.3, 0.4) is 0 Å². The summed E-state index contributed by atoms with van der Waals surface area (Å²) in [7, 11) is 0. The largest absolute Gasteiger partial charge is 0.368 e. The maximum absolute atomic E-state index is 6.02. The second-order valence-corrected chi connectivity index (χ2v) is 5.58. The van der Waals surface area contributed by atoms with E-state index >= 15 is 0 Å². The minimum atomic E-state index is 0.650. The van der Waals surface area contributed by atoms with Gasteiger partial charge in [0, 0.05) is 23.2 Å². The van der Waals surface area contributed by atoms with E-state index in [2.05, 4.69) is 27.6 Å². The fourth-order valence-corrected chi connectivity index (χ4v) is 3.38. The highest BCUT2D eigenvalue weighted by atomic mass is 35.5. The first-order valence-electron chi connectivity index (χ1n) is 6.88. The summed E-state index contributed by atoms with van der Waals surface area (Å²) >= 11 is 6.02. The maximum Gasteiger partial charge on any atom is 0.156 e. The van der Waals surface area contributed by atoms with Crippen molar-refractivity contribution in [1.29, 1.82) is 0 Å². The van der Waals surface area contributed by atoms with Crippen molar-refractivity contribution in [1.82, 2.24) is 10.2 Å². The molecule has 0 amide bonds. The van der Waals surface area contributed by atoms with Gasteiger partial charge in [0.1, 0.15) is 0 Å². The van der Waals surface area contributed by atoms with E-state index in [1.54, 1.807) is 6.20 Å². The molecule has 1 heterocycles. The Bertz CT molecular complexity index is 553. The van der Waals surface area contributed by atoms with Gasteiger partial charge in [-0.1, -0.05) is 30.7 Å². The van der Waals surface area contributed by atoms with Crippen LogP contribution >= 0.6 is 11.6 Å². The van der Waals surface area contributed by atoms with Gasteiger partial charge in [-0.15, -0.1) is 16.7 Å². The van der Waals surface area contributed by atoms with E-state index in [1.165, 1.54) is 19.3 Å². The molecule has 4 heteroatoms. The number of benzene rings is 1. The molecule has 1 N–H and O–H groups in total. The van der Waals surface area contributed by atoms with Gasteiger partial charge < -0.3 is 5.32 Å². The Balaban J connectivity index is 1.75. The predicted octanol–water partition coefficient (Wildman–Crippen LogP) is 3.70. The monoisotopic (exact) mass is 275 g/mol. The number of hydrogen-bond acceptors (Lipinski definition) is 3. The third-order valence-electron chi connectivity index (χ3n) is 4.12. The minimum Gasteiger partial charge on any atom is -0.368 e. The Hall–Kier alpha value is -1.35. The van der Waals surface area contributed by atoms with E-state index in [1.807, 2.05) is 12.1 Å². The molecule has 0 radical (unpaired) electrons. The number of anilines is 1. The molecule has 1 aromatic heterocycles. The lowest BCUT2D eigenvalue weighted by Crippen LogP contribution is -2.20. The van der Waals surface area contributed by atoms with Crippen LogP contribution in [-0.2, 0) is 0 Å². The van der Waals surface area contributed by atoms with Gasteiger partial charge in [-0.3, -0.25) is 0 Å². The fraction of sp³-hybridized carbons (Fsp3) is 0.467. The lowest BCUT2D eigenvalue weighted by Gasteiger charge is -2.18. The van der Waals surface area contributed by atoms with Crippen molar-refractivity contribution >= 4 is 28.2 Å². The summed E-state index contributed by atoms with van der Waals surface area (Å²) in [6.07, 6.45) is 5.63. The van der Waals surface area contributed by atoms with Crippen LogP contribution in [0.5, 0.6) is 0 Å². The van der Waals surface area contributed by atoms with Crippen molar-refractivity contribution < 1.29 is 0 Å². The Kier molecular flexibility index (Phi) is 3.83. The topological polar surface area (TPSA) is 37.8 Å². The predicted molar refractivity (Wildman–Crippen MR) is 79.6 cm³/mol. The molecular formula is C15H18ClN3. The summed E-state index contributed by atoms with van der Waals surface area (Å²) < 4.78 is 0. The van der Waals surface area contributed by atoms with Crippen molar-refractivity contribution in [2.24, 2.45) is 11.8 Å². The highest BCUT2D eigenvalue weighted by molar-refractivity contribution is 6.18. The maximum atomic E-state index is 6.02. The summed E-state index contributed by atoms with van der Waals surface area (Å²) in [4.78, 5) is 0. The van der Waals surface area contributed by atoms with E-state index in [0.29, 0.717) is 11.8 Å².